The maximum atomic E-state index is 6.30. The highest BCUT2D eigenvalue weighted by Crippen LogP contribution is 2.40. The number of aliphatic imine (C=N–C) groups is 1. The van der Waals surface area contributed by atoms with Crippen molar-refractivity contribution in [1.82, 2.24) is 14.9 Å². The molecular weight excluding hydrogens is 322 g/mol. The summed E-state index contributed by atoms with van der Waals surface area (Å²) in [5.74, 6) is 1.37. The van der Waals surface area contributed by atoms with Gasteiger partial charge in [-0.05, 0) is 38.1 Å². The number of nitrogens with zero attached hydrogens (tertiary/aromatic N) is 4. The summed E-state index contributed by atoms with van der Waals surface area (Å²) in [5.41, 5.74) is 3.73. The average molecular weight is 341 g/mol. The molecule has 24 heavy (non-hydrogen) atoms. The summed E-state index contributed by atoms with van der Waals surface area (Å²) >= 11 is 1.59. The zero-order valence-electron chi connectivity index (χ0n) is 13.3. The summed E-state index contributed by atoms with van der Waals surface area (Å²) in [6.07, 6.45) is 4.23. The molecule has 0 unspecified atom stereocenters. The highest BCUT2D eigenvalue weighted by molar-refractivity contribution is 7.07. The molecule has 3 saturated heterocycles. The number of anilines is 1. The third kappa shape index (κ3) is 2.39. The summed E-state index contributed by atoms with van der Waals surface area (Å²) in [5, 5.41) is 5.28. The zero-order chi connectivity index (χ0) is 16.0. The number of nitrogens with one attached hydrogen (secondary N) is 1. The van der Waals surface area contributed by atoms with Crippen LogP contribution in [0.15, 0.2) is 34.2 Å². The summed E-state index contributed by atoms with van der Waals surface area (Å²) in [6.45, 7) is 4.16. The van der Waals surface area contributed by atoms with E-state index in [1.807, 2.05) is 23.0 Å². The van der Waals surface area contributed by atoms with Crippen molar-refractivity contribution >= 4 is 23.2 Å². The molecular formula is C17H19N5OS. The molecule has 6 nitrogen and oxygen atoms in total. The van der Waals surface area contributed by atoms with Gasteiger partial charge in [0, 0.05) is 29.6 Å². The number of rotatable bonds is 2. The number of thiazole rings is 1. The van der Waals surface area contributed by atoms with E-state index < -0.39 is 0 Å². The van der Waals surface area contributed by atoms with Crippen LogP contribution >= 0.6 is 11.3 Å². The van der Waals surface area contributed by atoms with Gasteiger partial charge >= 0.3 is 0 Å². The van der Waals surface area contributed by atoms with Gasteiger partial charge in [0.05, 0.1) is 17.7 Å². The van der Waals surface area contributed by atoms with Crippen LogP contribution < -0.4 is 5.32 Å². The van der Waals surface area contributed by atoms with Gasteiger partial charge in [-0.3, -0.25) is 10.2 Å². The Morgan fingerprint density at radius 2 is 2.21 bits per heavy atom. The fourth-order valence-electron chi connectivity index (χ4n) is 4.07. The van der Waals surface area contributed by atoms with Gasteiger partial charge in [-0.2, -0.15) is 0 Å². The molecule has 0 aromatic carbocycles. The SMILES string of the molecule is c1cc(-c2cscn2)cc(NC2=NC[C@@]3(CN4CCC3CC4)O2)n1. The van der Waals surface area contributed by atoms with E-state index in [9.17, 15) is 0 Å². The Labute approximate surface area is 144 Å². The van der Waals surface area contributed by atoms with E-state index in [-0.39, 0.29) is 5.60 Å². The van der Waals surface area contributed by atoms with Crippen LogP contribution in [0.25, 0.3) is 11.3 Å². The molecule has 1 atom stereocenters. The van der Waals surface area contributed by atoms with Crippen molar-refractivity contribution in [2.24, 2.45) is 10.9 Å². The minimum Gasteiger partial charge on any atom is -0.455 e. The predicted octanol–water partition coefficient (Wildman–Crippen LogP) is 2.47. The number of amidine groups is 1. The van der Waals surface area contributed by atoms with Crippen molar-refractivity contribution < 1.29 is 4.74 Å². The van der Waals surface area contributed by atoms with E-state index >= 15 is 0 Å². The Morgan fingerprint density at radius 3 is 2.96 bits per heavy atom. The Kier molecular flexibility index (Phi) is 3.31. The maximum absolute atomic E-state index is 6.30. The summed E-state index contributed by atoms with van der Waals surface area (Å²) in [6, 6.07) is 4.56. The molecule has 1 N–H and O–H groups in total. The first-order valence-corrected chi connectivity index (χ1v) is 9.32. The number of hydrogen-bond donors (Lipinski definition) is 1. The molecule has 2 bridgehead atoms. The first kappa shape index (κ1) is 14.4. The molecule has 1 spiro atoms. The Morgan fingerprint density at radius 1 is 1.29 bits per heavy atom. The van der Waals surface area contributed by atoms with Gasteiger partial charge in [0.15, 0.2) is 0 Å². The maximum Gasteiger partial charge on any atom is 0.291 e. The lowest BCUT2D eigenvalue weighted by Crippen LogP contribution is -2.61. The normalized spacial score (nSPS) is 31.1. The molecule has 0 saturated carbocycles. The Hall–Kier alpha value is -1.99. The molecule has 6 heterocycles. The minimum atomic E-state index is -0.120. The number of pyridine rings is 1. The highest BCUT2D eigenvalue weighted by atomic mass is 32.1. The number of piperidine rings is 3. The summed E-state index contributed by atoms with van der Waals surface area (Å²) in [4.78, 5) is 15.9. The molecule has 7 heteroatoms. The van der Waals surface area contributed by atoms with Gasteiger partial charge in [-0.1, -0.05) is 0 Å². The quantitative estimate of drug-likeness (QED) is 0.909. The van der Waals surface area contributed by atoms with Crippen molar-refractivity contribution in [2.75, 3.05) is 31.5 Å². The Bertz CT molecular complexity index is 769. The molecule has 4 aliphatic heterocycles. The van der Waals surface area contributed by atoms with Crippen LogP contribution in [0, 0.1) is 5.92 Å². The Balaban J connectivity index is 1.32. The van der Waals surface area contributed by atoms with Crippen molar-refractivity contribution in [2.45, 2.75) is 18.4 Å². The first-order valence-electron chi connectivity index (χ1n) is 8.38. The van der Waals surface area contributed by atoms with E-state index in [1.54, 1.807) is 17.5 Å². The number of fused-ring (bicyclic) bond motifs is 2. The topological polar surface area (TPSA) is 62.6 Å². The summed E-state index contributed by atoms with van der Waals surface area (Å²) < 4.78 is 6.30. The highest BCUT2D eigenvalue weighted by Gasteiger charge is 2.51. The van der Waals surface area contributed by atoms with E-state index in [2.05, 4.69) is 25.2 Å². The standard InChI is InChI=1S/C17H19N5OS/c1-4-18-15(7-12(1)14-8-24-11-20-14)21-16-19-9-17(23-16)10-22-5-2-13(17)3-6-22/h1,4,7-8,11,13H,2-3,5-6,9-10H2,(H,18,19,21)/t17-/m0/s1. The number of ether oxygens (including phenoxy) is 1. The van der Waals surface area contributed by atoms with Crippen LogP contribution in [0.2, 0.25) is 0 Å². The van der Waals surface area contributed by atoms with E-state index in [4.69, 9.17) is 4.74 Å². The van der Waals surface area contributed by atoms with E-state index in [1.165, 1.54) is 25.9 Å². The monoisotopic (exact) mass is 341 g/mol. The molecule has 2 aromatic heterocycles. The van der Waals surface area contributed by atoms with Crippen LogP contribution in [-0.4, -0.2) is 52.7 Å². The number of aromatic nitrogens is 2. The molecule has 6 rings (SSSR count). The second kappa shape index (κ2) is 5.53. The van der Waals surface area contributed by atoms with Gasteiger partial charge in [-0.25, -0.2) is 15.0 Å². The van der Waals surface area contributed by atoms with Gasteiger partial charge < -0.3 is 4.74 Å². The third-order valence-corrected chi connectivity index (χ3v) is 5.92. The first-order chi connectivity index (χ1) is 11.8. The second-order valence-electron chi connectivity index (χ2n) is 6.77. The smallest absolute Gasteiger partial charge is 0.291 e. The van der Waals surface area contributed by atoms with Crippen LogP contribution in [0.1, 0.15) is 12.8 Å². The van der Waals surface area contributed by atoms with Gasteiger partial charge in [-0.15, -0.1) is 11.3 Å². The van der Waals surface area contributed by atoms with Crippen molar-refractivity contribution in [3.8, 4) is 11.3 Å². The van der Waals surface area contributed by atoms with E-state index in [0.29, 0.717) is 11.9 Å². The van der Waals surface area contributed by atoms with Crippen LogP contribution in [-0.2, 0) is 4.74 Å². The average Bonchev–Trinajstić information content (AvgIpc) is 3.27. The third-order valence-electron chi connectivity index (χ3n) is 5.34. The molecule has 2 aromatic rings. The molecule has 0 radical (unpaired) electrons. The van der Waals surface area contributed by atoms with Crippen LogP contribution in [0.4, 0.5) is 5.82 Å². The van der Waals surface area contributed by atoms with Crippen LogP contribution in [0.5, 0.6) is 0 Å². The van der Waals surface area contributed by atoms with Crippen molar-refractivity contribution in [3.63, 3.8) is 0 Å². The minimum absolute atomic E-state index is 0.120. The van der Waals surface area contributed by atoms with E-state index in [0.717, 1.165) is 30.2 Å². The largest absolute Gasteiger partial charge is 0.455 e. The molecule has 0 aliphatic carbocycles. The molecule has 124 valence electrons. The van der Waals surface area contributed by atoms with Crippen molar-refractivity contribution in [3.05, 3.63) is 29.2 Å². The van der Waals surface area contributed by atoms with Gasteiger partial charge in [0.1, 0.15) is 11.4 Å². The second-order valence-corrected chi connectivity index (χ2v) is 7.49. The summed E-state index contributed by atoms with van der Waals surface area (Å²) in [7, 11) is 0. The fourth-order valence-corrected chi connectivity index (χ4v) is 4.63. The van der Waals surface area contributed by atoms with Crippen LogP contribution in [0.3, 0.4) is 0 Å². The van der Waals surface area contributed by atoms with Crippen molar-refractivity contribution in [1.29, 1.82) is 0 Å². The molecule has 0 amide bonds. The number of hydrogen-bond acceptors (Lipinski definition) is 7. The lowest BCUT2D eigenvalue weighted by molar-refractivity contribution is -0.0829. The lowest BCUT2D eigenvalue weighted by Gasteiger charge is -2.50. The lowest BCUT2D eigenvalue weighted by atomic mass is 9.75. The predicted molar refractivity (Wildman–Crippen MR) is 94.2 cm³/mol. The molecule has 4 aliphatic rings. The van der Waals surface area contributed by atoms with Gasteiger partial charge in [0.25, 0.3) is 6.02 Å². The molecule has 3 fully saturated rings. The van der Waals surface area contributed by atoms with Gasteiger partial charge in [0.2, 0.25) is 0 Å². The zero-order valence-corrected chi connectivity index (χ0v) is 14.1. The fraction of sp³-hybridized carbons (Fsp3) is 0.471.